The summed E-state index contributed by atoms with van der Waals surface area (Å²) in [6.07, 6.45) is 38.7. The van der Waals surface area contributed by atoms with Crippen LogP contribution < -0.4 is 9.44 Å². The van der Waals surface area contributed by atoms with Gasteiger partial charge < -0.3 is 0 Å². The highest BCUT2D eigenvalue weighted by Gasteiger charge is 2.38. The first-order valence-corrected chi connectivity index (χ1v) is 28.9. The Labute approximate surface area is 384 Å². The van der Waals surface area contributed by atoms with Crippen LogP contribution in [0, 0.1) is 23.7 Å². The van der Waals surface area contributed by atoms with Crippen molar-refractivity contribution >= 4 is 109 Å². The minimum atomic E-state index is 0.245. The Hall–Kier alpha value is -1.97. The lowest BCUT2D eigenvalue weighted by Crippen LogP contribution is -2.36. The summed E-state index contributed by atoms with van der Waals surface area (Å²) in [6, 6.07) is 10.7. The molecular formula is C54H64N2S5. The lowest BCUT2D eigenvalue weighted by Gasteiger charge is -2.27. The van der Waals surface area contributed by atoms with Gasteiger partial charge in [0.2, 0.25) is 0 Å². The largest absolute Gasteiger partial charge is 0.241 e. The second-order valence-electron chi connectivity index (χ2n) is 20.3. The maximum absolute atomic E-state index is 3.92. The molecule has 4 aromatic heterocycles. The second kappa shape index (κ2) is 17.8. The number of hydrogen-bond acceptors (Lipinski definition) is 7. The molecule has 61 heavy (non-hydrogen) atoms. The summed E-state index contributed by atoms with van der Waals surface area (Å²) in [5.41, 5.74) is 9.92. The quantitative estimate of drug-likeness (QED) is 0.134. The van der Waals surface area contributed by atoms with Crippen LogP contribution in [-0.4, -0.2) is 12.1 Å². The third-order valence-electron chi connectivity index (χ3n) is 16.5. The fourth-order valence-corrected chi connectivity index (χ4v) is 18.7. The van der Waals surface area contributed by atoms with Gasteiger partial charge in [-0.1, -0.05) is 141 Å². The fourth-order valence-electron chi connectivity index (χ4n) is 13.2. The van der Waals surface area contributed by atoms with Crippen LogP contribution in [0.1, 0.15) is 160 Å². The molecule has 2 unspecified atom stereocenters. The molecule has 320 valence electrons. The molecule has 0 spiro atoms. The standard InChI is InChI=1S/C54H64N2S5/c1-5-13-33(14-6-1)27-41-43(29-35-17-9-3-10-18-35)53-45(37-23-25-57-51(37)41)31-47(59-53)39-21-22-40(50-49(39)55-61-56-50)48-32-46-38-24-26-58-52(38)42(28-34-15-7-2-8-16-34)44(54(46)60-48)30-36-19-11-4-12-20-36/h21-26,31-36,49-50,55-56H,1-20,27-30H2. The van der Waals surface area contributed by atoms with Crippen LogP contribution >= 0.6 is 57.5 Å². The van der Waals surface area contributed by atoms with Gasteiger partial charge in [-0.3, -0.25) is 0 Å². The third kappa shape index (κ3) is 7.78. The highest BCUT2D eigenvalue weighted by Crippen LogP contribution is 2.50. The van der Waals surface area contributed by atoms with Gasteiger partial charge in [-0.15, -0.1) is 45.3 Å². The van der Waals surface area contributed by atoms with Crippen LogP contribution in [0.3, 0.4) is 0 Å². The van der Waals surface area contributed by atoms with E-state index in [9.17, 15) is 0 Å². The average Bonchev–Trinajstić information content (AvgIpc) is 4.17. The van der Waals surface area contributed by atoms with E-state index in [0.29, 0.717) is 0 Å². The van der Waals surface area contributed by atoms with Crippen molar-refractivity contribution in [2.45, 2.75) is 166 Å². The zero-order chi connectivity index (χ0) is 40.3. The molecule has 0 radical (unpaired) electrons. The van der Waals surface area contributed by atoms with Crippen molar-refractivity contribution in [1.82, 2.24) is 9.44 Å². The topological polar surface area (TPSA) is 24.1 Å². The van der Waals surface area contributed by atoms with Crippen LogP contribution in [0.4, 0.5) is 0 Å². The molecule has 0 bridgehead atoms. The van der Waals surface area contributed by atoms with Gasteiger partial charge in [0.1, 0.15) is 0 Å². The Bertz CT molecular complexity index is 2410. The number of thiophene rings is 4. The van der Waals surface area contributed by atoms with Gasteiger partial charge >= 0.3 is 0 Å². The summed E-state index contributed by atoms with van der Waals surface area (Å²) >= 11 is 10.1. The lowest BCUT2D eigenvalue weighted by atomic mass is 9.79. The predicted octanol–water partition coefficient (Wildman–Crippen LogP) is 17.0. The van der Waals surface area contributed by atoms with Crippen molar-refractivity contribution in [2.24, 2.45) is 23.7 Å². The summed E-state index contributed by atoms with van der Waals surface area (Å²) in [5.74, 6) is 3.39. The molecule has 1 saturated heterocycles. The van der Waals surface area contributed by atoms with Gasteiger partial charge in [-0.2, -0.15) is 0 Å². The molecule has 2 nitrogen and oxygen atoms in total. The molecule has 6 aliphatic rings. The van der Waals surface area contributed by atoms with E-state index in [2.05, 4.69) is 79.3 Å². The molecule has 7 heteroatoms. The van der Waals surface area contributed by atoms with Crippen LogP contribution in [-0.2, 0) is 25.7 Å². The summed E-state index contributed by atoms with van der Waals surface area (Å²) < 4.78 is 14.3. The monoisotopic (exact) mass is 900 g/mol. The molecule has 12 rings (SSSR count). The minimum absolute atomic E-state index is 0.245. The van der Waals surface area contributed by atoms with Gasteiger partial charge in [0, 0.05) is 62.2 Å². The highest BCUT2D eigenvalue weighted by atomic mass is 32.2. The zero-order valence-corrected chi connectivity index (χ0v) is 40.2. The van der Waals surface area contributed by atoms with E-state index < -0.39 is 0 Å². The normalized spacial score (nSPS) is 24.1. The Balaban J connectivity index is 0.955. The first kappa shape index (κ1) is 40.5. The third-order valence-corrected chi connectivity index (χ3v) is 21.6. The van der Waals surface area contributed by atoms with Crippen molar-refractivity contribution in [3.8, 4) is 0 Å². The molecule has 5 fully saturated rings. The summed E-state index contributed by atoms with van der Waals surface area (Å²) in [6.45, 7) is 0. The summed E-state index contributed by atoms with van der Waals surface area (Å²) in [5, 5.41) is 10.9. The van der Waals surface area contributed by atoms with Crippen LogP contribution in [0.25, 0.3) is 51.5 Å². The molecule has 0 amide bonds. The van der Waals surface area contributed by atoms with E-state index in [4.69, 9.17) is 0 Å². The molecule has 1 aliphatic heterocycles. The predicted molar refractivity (Wildman–Crippen MR) is 273 cm³/mol. The summed E-state index contributed by atoms with van der Waals surface area (Å²) in [4.78, 5) is 2.95. The van der Waals surface area contributed by atoms with Gasteiger partial charge in [0.05, 0.1) is 12.1 Å². The number of benzene rings is 2. The van der Waals surface area contributed by atoms with Crippen molar-refractivity contribution < 1.29 is 0 Å². The summed E-state index contributed by atoms with van der Waals surface area (Å²) in [7, 11) is 0. The first-order valence-electron chi connectivity index (χ1n) is 24.7. The molecule has 6 aromatic rings. The molecule has 2 atom stereocenters. The van der Waals surface area contributed by atoms with Crippen LogP contribution in [0.5, 0.6) is 0 Å². The lowest BCUT2D eigenvalue weighted by molar-refractivity contribution is 0.348. The van der Waals surface area contributed by atoms with Gasteiger partial charge in [-0.05, 0) is 118 Å². The van der Waals surface area contributed by atoms with E-state index in [-0.39, 0.29) is 12.1 Å². The average molecular weight is 901 g/mol. The van der Waals surface area contributed by atoms with E-state index in [1.165, 1.54) is 197 Å². The maximum atomic E-state index is 3.92. The van der Waals surface area contributed by atoms with Gasteiger partial charge in [0.15, 0.2) is 0 Å². The molecule has 5 aliphatic carbocycles. The van der Waals surface area contributed by atoms with Crippen molar-refractivity contribution in [3.05, 3.63) is 79.2 Å². The van der Waals surface area contributed by atoms with Crippen LogP contribution in [0.15, 0.2) is 47.2 Å². The number of rotatable bonds is 10. The van der Waals surface area contributed by atoms with E-state index in [0.717, 1.165) is 23.7 Å². The number of hydrogen-bond donors (Lipinski definition) is 2. The fraction of sp³-hybridized carbons (Fsp3) is 0.556. The number of fused-ring (bicyclic) bond motifs is 7. The number of nitrogens with one attached hydrogen (secondary N) is 2. The highest BCUT2D eigenvalue weighted by molar-refractivity contribution is 7.95. The molecule has 4 saturated carbocycles. The smallest absolute Gasteiger partial charge is 0.0651 e. The van der Waals surface area contributed by atoms with Crippen molar-refractivity contribution in [3.63, 3.8) is 0 Å². The Morgan fingerprint density at radius 3 is 1.11 bits per heavy atom. The second-order valence-corrected chi connectivity index (χ2v) is 24.9. The maximum Gasteiger partial charge on any atom is 0.0651 e. The van der Waals surface area contributed by atoms with Crippen molar-refractivity contribution in [2.75, 3.05) is 0 Å². The molecule has 2 aromatic carbocycles. The first-order chi connectivity index (χ1) is 30.2. The minimum Gasteiger partial charge on any atom is -0.241 e. The van der Waals surface area contributed by atoms with Gasteiger partial charge in [-0.25, -0.2) is 9.44 Å². The Morgan fingerprint density at radius 2 is 0.754 bits per heavy atom. The van der Waals surface area contributed by atoms with E-state index in [1.807, 2.05) is 22.7 Å². The molecular weight excluding hydrogens is 837 g/mol. The van der Waals surface area contributed by atoms with E-state index >= 15 is 0 Å². The van der Waals surface area contributed by atoms with E-state index in [1.54, 1.807) is 53.2 Å². The number of allylic oxidation sites excluding steroid dienone is 2. The molecule has 5 heterocycles. The zero-order valence-electron chi connectivity index (χ0n) is 36.1. The Morgan fingerprint density at radius 1 is 0.410 bits per heavy atom. The van der Waals surface area contributed by atoms with Gasteiger partial charge in [0.25, 0.3) is 0 Å². The molecule has 2 N–H and O–H groups in total. The SMILES string of the molecule is C1=C(c2cc3c(s2)c(CC2CCCCC2)c(CC2CCCCC2)c2sccc23)C2NSNC2C(c2cc3c(s2)c(CC2CCCCC2)c(CC2CCCCC2)c2sccc23)=C1. The van der Waals surface area contributed by atoms with Crippen LogP contribution in [0.2, 0.25) is 0 Å². The van der Waals surface area contributed by atoms with Crippen molar-refractivity contribution in [1.29, 1.82) is 0 Å². The Kier molecular flexibility index (Phi) is 11.8.